The Labute approximate surface area is 337 Å². The number of carbonyl (C=O) groups excluding carboxylic acids is 6. The van der Waals surface area contributed by atoms with Crippen molar-refractivity contribution >= 4 is 35.4 Å². The second kappa shape index (κ2) is 18.4. The summed E-state index contributed by atoms with van der Waals surface area (Å²) in [6.45, 7) is 4.19. The van der Waals surface area contributed by atoms with E-state index >= 15 is 0 Å². The van der Waals surface area contributed by atoms with Crippen molar-refractivity contribution in [1.82, 2.24) is 30.7 Å². The molecule has 3 heterocycles. The number of methoxy groups -OCH3 is 2. The fraction of sp³-hybridized carbons (Fsp3) is 0.429. The lowest BCUT2D eigenvalue weighted by Gasteiger charge is -2.37. The predicted octanol–water partition coefficient (Wildman–Crippen LogP) is 1.21. The van der Waals surface area contributed by atoms with E-state index in [0.29, 0.717) is 39.7 Å². The van der Waals surface area contributed by atoms with Gasteiger partial charge in [0.15, 0.2) is 11.5 Å². The second-order valence-corrected chi connectivity index (χ2v) is 14.8. The summed E-state index contributed by atoms with van der Waals surface area (Å²) in [5.74, 6) is -2.29. The highest BCUT2D eigenvalue weighted by atomic mass is 16.5. The molecule has 16 nitrogen and oxygen atoms in total. The van der Waals surface area contributed by atoms with Crippen LogP contribution < -0.4 is 30.2 Å². The molecule has 0 aliphatic carbocycles. The third-order valence-electron chi connectivity index (χ3n) is 10.7. The summed E-state index contributed by atoms with van der Waals surface area (Å²) >= 11 is 0. The van der Waals surface area contributed by atoms with Crippen LogP contribution in [0.25, 0.3) is 0 Å². The van der Waals surface area contributed by atoms with Gasteiger partial charge in [-0.3, -0.25) is 28.8 Å². The Kier molecular flexibility index (Phi) is 13.6. The molecule has 3 aromatic rings. The highest BCUT2D eigenvalue weighted by molar-refractivity contribution is 5.98. The first kappa shape index (κ1) is 43.0. The molecule has 4 N–H and O–H groups in total. The van der Waals surface area contributed by atoms with Crippen LogP contribution in [0.3, 0.4) is 0 Å². The fourth-order valence-corrected chi connectivity index (χ4v) is 7.01. The fourth-order valence-electron chi connectivity index (χ4n) is 7.01. The lowest BCUT2D eigenvalue weighted by atomic mass is 9.98. The van der Waals surface area contributed by atoms with Crippen LogP contribution in [-0.2, 0) is 48.0 Å². The molecule has 6 rings (SSSR count). The van der Waals surface area contributed by atoms with Gasteiger partial charge in [0, 0.05) is 40.4 Å². The van der Waals surface area contributed by atoms with Crippen molar-refractivity contribution in [3.8, 4) is 23.0 Å². The number of amides is 6. The zero-order valence-electron chi connectivity index (χ0n) is 34.0. The maximum absolute atomic E-state index is 14.7. The largest absolute Gasteiger partial charge is 0.497 e. The summed E-state index contributed by atoms with van der Waals surface area (Å²) in [5.41, 5.74) is 1.92. The Hall–Kier alpha value is -6.16. The number of likely N-dealkylation sites (N-methyl/N-ethyl adjacent to an activating group) is 3. The van der Waals surface area contributed by atoms with Gasteiger partial charge in [-0.1, -0.05) is 30.3 Å². The van der Waals surface area contributed by atoms with Gasteiger partial charge in [0.1, 0.15) is 47.8 Å². The minimum Gasteiger partial charge on any atom is -0.497 e. The van der Waals surface area contributed by atoms with E-state index in [1.54, 1.807) is 66.7 Å². The zero-order chi connectivity index (χ0) is 42.4. The summed E-state index contributed by atoms with van der Waals surface area (Å²) in [6.07, 6.45) is -1.43. The summed E-state index contributed by atoms with van der Waals surface area (Å²) < 4.78 is 17.0. The molecule has 0 saturated carbocycles. The predicted molar refractivity (Wildman–Crippen MR) is 212 cm³/mol. The van der Waals surface area contributed by atoms with Gasteiger partial charge in [0.25, 0.3) is 0 Å². The number of rotatable bonds is 5. The standard InChI is InChI=1S/C42H52N6O10/c1-23-37(50)45-36(25(3)49)42(55)47(5)31(19-26-9-14-29(56-7)15-10-26)39(52)44-24(2)40(53)48(6)33-20-27-11-16-30(17-12-27)58-35-22-28(13-18-34(35)57-8)21-32(38(51)43-23)46(4)41(33)54/h9-18,22-25,31-33,36,49H,19-21H2,1-8H3,(H,43,51)(H,44,52)(H,45,50)/t23-,24+,25+,31+,32+,33+,36-/m1/s1. The first-order valence-corrected chi connectivity index (χ1v) is 19.0. The maximum Gasteiger partial charge on any atom is 0.248 e. The maximum atomic E-state index is 14.7. The normalized spacial score (nSPS) is 24.5. The minimum atomic E-state index is -1.53. The number of carbonyl (C=O) groups is 6. The zero-order valence-corrected chi connectivity index (χ0v) is 34.0. The molecule has 0 unspecified atom stereocenters. The van der Waals surface area contributed by atoms with Crippen molar-refractivity contribution in [1.29, 1.82) is 0 Å². The number of benzene rings is 3. The number of aliphatic hydroxyl groups is 1. The van der Waals surface area contributed by atoms with E-state index in [1.165, 1.54) is 65.9 Å². The Morgan fingerprint density at radius 1 is 0.690 bits per heavy atom. The second-order valence-electron chi connectivity index (χ2n) is 14.8. The van der Waals surface area contributed by atoms with E-state index in [0.717, 1.165) is 4.90 Å². The van der Waals surface area contributed by atoms with Crippen LogP contribution in [0.4, 0.5) is 0 Å². The average molecular weight is 801 g/mol. The third-order valence-corrected chi connectivity index (χ3v) is 10.7. The van der Waals surface area contributed by atoms with Crippen LogP contribution >= 0.6 is 0 Å². The van der Waals surface area contributed by atoms with Crippen molar-refractivity contribution in [2.45, 2.75) is 82.4 Å². The highest BCUT2D eigenvalue weighted by Gasteiger charge is 2.40. The van der Waals surface area contributed by atoms with Gasteiger partial charge < -0.3 is 50.0 Å². The molecular formula is C42H52N6O10. The molecule has 0 spiro atoms. The Morgan fingerprint density at radius 3 is 1.91 bits per heavy atom. The molecule has 3 aliphatic rings. The smallest absolute Gasteiger partial charge is 0.248 e. The first-order chi connectivity index (χ1) is 27.5. The van der Waals surface area contributed by atoms with Gasteiger partial charge in [-0.05, 0) is 73.9 Å². The number of nitrogens with one attached hydrogen (secondary N) is 3. The van der Waals surface area contributed by atoms with Gasteiger partial charge >= 0.3 is 0 Å². The van der Waals surface area contributed by atoms with Gasteiger partial charge in [0.2, 0.25) is 35.4 Å². The minimum absolute atomic E-state index is 0.00948. The van der Waals surface area contributed by atoms with Gasteiger partial charge in [0.05, 0.1) is 20.3 Å². The monoisotopic (exact) mass is 800 g/mol. The van der Waals surface area contributed by atoms with Crippen LogP contribution in [0.1, 0.15) is 37.5 Å². The van der Waals surface area contributed by atoms with E-state index in [-0.39, 0.29) is 19.3 Å². The lowest BCUT2D eigenvalue weighted by molar-refractivity contribution is -0.150. The quantitative estimate of drug-likeness (QED) is 0.291. The molecule has 1 fully saturated rings. The van der Waals surface area contributed by atoms with Crippen LogP contribution in [0.5, 0.6) is 23.0 Å². The van der Waals surface area contributed by atoms with Crippen LogP contribution in [0.2, 0.25) is 0 Å². The lowest BCUT2D eigenvalue weighted by Crippen LogP contribution is -2.63. The molecule has 7 atom stereocenters. The van der Waals surface area contributed by atoms with Crippen LogP contribution in [0, 0.1) is 0 Å². The number of aliphatic hydroxyl groups excluding tert-OH is 1. The number of nitrogens with zero attached hydrogens (tertiary/aromatic N) is 3. The summed E-state index contributed by atoms with van der Waals surface area (Å²) in [5, 5.41) is 18.7. The summed E-state index contributed by atoms with van der Waals surface area (Å²) in [4.78, 5) is 88.8. The van der Waals surface area contributed by atoms with Gasteiger partial charge in [-0.15, -0.1) is 0 Å². The molecule has 3 aliphatic heterocycles. The summed E-state index contributed by atoms with van der Waals surface area (Å²) in [6, 6.07) is 11.4. The molecule has 58 heavy (non-hydrogen) atoms. The van der Waals surface area contributed by atoms with E-state index in [4.69, 9.17) is 14.2 Å². The number of hydrogen-bond donors (Lipinski definition) is 4. The molecular weight excluding hydrogens is 748 g/mol. The molecule has 16 heteroatoms. The number of hydrogen-bond acceptors (Lipinski definition) is 10. The Morgan fingerprint density at radius 2 is 1.29 bits per heavy atom. The highest BCUT2D eigenvalue weighted by Crippen LogP contribution is 2.34. The van der Waals surface area contributed by atoms with Crippen molar-refractivity contribution in [3.05, 3.63) is 83.4 Å². The first-order valence-electron chi connectivity index (χ1n) is 19.0. The molecule has 6 amide bonds. The number of ether oxygens (including phenoxy) is 3. The Bertz CT molecular complexity index is 2010. The number of fused-ring (bicyclic) bond motifs is 2. The third kappa shape index (κ3) is 9.68. The molecule has 6 bridgehead atoms. The van der Waals surface area contributed by atoms with Crippen LogP contribution in [0.15, 0.2) is 66.7 Å². The van der Waals surface area contributed by atoms with E-state index in [9.17, 15) is 33.9 Å². The molecule has 310 valence electrons. The van der Waals surface area contributed by atoms with E-state index < -0.39 is 77.8 Å². The SMILES string of the molecule is COc1ccc(C[C@H]2C(=O)N[C@@H](C)C(=O)N(C)[C@H]3Cc4ccc(cc4)Oc4cc(ccc4OC)C[C@@H](C(=O)N[C@H](C)C(=O)N[C@H]([C@H](C)O)C(=O)N2C)N(C)C3=O)cc1. The molecule has 0 radical (unpaired) electrons. The van der Waals surface area contributed by atoms with Gasteiger partial charge in [-0.25, -0.2) is 0 Å². The molecule has 1 saturated heterocycles. The Balaban J connectivity index is 1.60. The molecule has 0 aromatic heterocycles. The molecule has 3 aromatic carbocycles. The average Bonchev–Trinajstić information content (AvgIpc) is 3.21. The van der Waals surface area contributed by atoms with Crippen molar-refractivity contribution in [3.63, 3.8) is 0 Å². The van der Waals surface area contributed by atoms with E-state index in [1.807, 2.05) is 0 Å². The van der Waals surface area contributed by atoms with Crippen LogP contribution in [-0.4, -0.2) is 133 Å². The topological polar surface area (TPSA) is 196 Å². The van der Waals surface area contributed by atoms with Crippen molar-refractivity contribution in [2.24, 2.45) is 0 Å². The summed E-state index contributed by atoms with van der Waals surface area (Å²) in [7, 11) is 7.28. The van der Waals surface area contributed by atoms with Crippen molar-refractivity contribution < 1.29 is 48.1 Å². The van der Waals surface area contributed by atoms with E-state index in [2.05, 4.69) is 16.0 Å². The van der Waals surface area contributed by atoms with Gasteiger partial charge in [-0.2, -0.15) is 0 Å². The van der Waals surface area contributed by atoms with Crippen molar-refractivity contribution in [2.75, 3.05) is 35.4 Å².